The number of hydrogen-bond acceptors (Lipinski definition) is 6. The lowest BCUT2D eigenvalue weighted by molar-refractivity contribution is -0.167. The normalized spacial score (nSPS) is 12.0. The van der Waals surface area contributed by atoms with Crippen LogP contribution in [-0.2, 0) is 28.6 Å². The molecule has 368 valence electrons. The van der Waals surface area contributed by atoms with Crippen molar-refractivity contribution in [2.24, 2.45) is 11.8 Å². The molecule has 0 aromatic rings. The molecule has 1 atom stereocenters. The van der Waals surface area contributed by atoms with Gasteiger partial charge in [0.05, 0.1) is 0 Å². The molecule has 62 heavy (non-hydrogen) atoms. The van der Waals surface area contributed by atoms with E-state index in [1.165, 1.54) is 199 Å². The number of unbranched alkanes of at least 4 members (excludes halogenated alkanes) is 35. The smallest absolute Gasteiger partial charge is 0.306 e. The van der Waals surface area contributed by atoms with Gasteiger partial charge < -0.3 is 14.2 Å². The fourth-order valence-electron chi connectivity index (χ4n) is 8.52. The van der Waals surface area contributed by atoms with E-state index < -0.39 is 6.10 Å². The number of hydrogen-bond donors (Lipinski definition) is 0. The zero-order valence-corrected chi connectivity index (χ0v) is 42.5. The molecule has 0 bridgehead atoms. The summed E-state index contributed by atoms with van der Waals surface area (Å²) in [5.41, 5.74) is 0. The Morgan fingerprint density at radius 1 is 0.306 bits per heavy atom. The third-order valence-electron chi connectivity index (χ3n) is 12.7. The van der Waals surface area contributed by atoms with Crippen LogP contribution in [0.15, 0.2) is 0 Å². The second-order valence-electron chi connectivity index (χ2n) is 20.2. The van der Waals surface area contributed by atoms with Crippen molar-refractivity contribution in [1.82, 2.24) is 0 Å². The lowest BCUT2D eigenvalue weighted by Gasteiger charge is -2.18. The molecule has 0 aliphatic carbocycles. The first kappa shape index (κ1) is 60.4. The predicted octanol–water partition coefficient (Wildman–Crippen LogP) is 18.1. The van der Waals surface area contributed by atoms with Gasteiger partial charge in [-0.25, -0.2) is 0 Å². The summed E-state index contributed by atoms with van der Waals surface area (Å²) in [6, 6.07) is 0. The Hall–Kier alpha value is -1.59. The maximum Gasteiger partial charge on any atom is 0.306 e. The predicted molar refractivity (Wildman–Crippen MR) is 266 cm³/mol. The fourth-order valence-corrected chi connectivity index (χ4v) is 8.52. The van der Waals surface area contributed by atoms with Crippen molar-refractivity contribution >= 4 is 17.9 Å². The molecule has 0 fully saturated rings. The summed E-state index contributed by atoms with van der Waals surface area (Å²) in [7, 11) is 0. The van der Waals surface area contributed by atoms with Crippen molar-refractivity contribution in [2.75, 3.05) is 13.2 Å². The van der Waals surface area contributed by atoms with Crippen LogP contribution in [0.5, 0.6) is 0 Å². The Morgan fingerprint density at radius 3 is 0.790 bits per heavy atom. The number of esters is 3. The first-order valence-corrected chi connectivity index (χ1v) is 27.7. The summed E-state index contributed by atoms with van der Waals surface area (Å²) in [4.78, 5) is 38.0. The average Bonchev–Trinajstić information content (AvgIpc) is 3.24. The van der Waals surface area contributed by atoms with Gasteiger partial charge in [0, 0.05) is 19.3 Å². The summed E-state index contributed by atoms with van der Waals surface area (Å²) in [5, 5.41) is 0. The molecule has 0 unspecified atom stereocenters. The van der Waals surface area contributed by atoms with Crippen LogP contribution in [0.3, 0.4) is 0 Å². The number of rotatable bonds is 50. The van der Waals surface area contributed by atoms with Gasteiger partial charge in [-0.15, -0.1) is 0 Å². The number of carbonyl (C=O) groups is 3. The van der Waals surface area contributed by atoms with E-state index in [-0.39, 0.29) is 31.1 Å². The highest BCUT2D eigenvalue weighted by Gasteiger charge is 2.19. The molecule has 0 heterocycles. The van der Waals surface area contributed by atoms with Gasteiger partial charge in [0.2, 0.25) is 0 Å². The highest BCUT2D eigenvalue weighted by molar-refractivity contribution is 5.71. The second kappa shape index (κ2) is 48.9. The van der Waals surface area contributed by atoms with Crippen molar-refractivity contribution in [1.29, 1.82) is 0 Å². The number of ether oxygens (including phenoxy) is 3. The number of carbonyl (C=O) groups excluding carboxylic acids is 3. The first-order chi connectivity index (χ1) is 30.2. The molecule has 0 aliphatic heterocycles. The summed E-state index contributed by atoms with van der Waals surface area (Å²) >= 11 is 0. The third-order valence-corrected chi connectivity index (χ3v) is 12.7. The molecular formula is C56H108O6. The molecule has 0 aromatic heterocycles. The first-order valence-electron chi connectivity index (χ1n) is 27.7. The van der Waals surface area contributed by atoms with Crippen molar-refractivity contribution in [2.45, 2.75) is 317 Å². The molecule has 0 amide bonds. The van der Waals surface area contributed by atoms with Crippen LogP contribution in [0.25, 0.3) is 0 Å². The lowest BCUT2D eigenvalue weighted by atomic mass is 10.0. The van der Waals surface area contributed by atoms with E-state index in [1.807, 2.05) is 0 Å². The molecule has 6 nitrogen and oxygen atoms in total. The van der Waals surface area contributed by atoms with Crippen LogP contribution in [0.1, 0.15) is 311 Å². The van der Waals surface area contributed by atoms with Crippen LogP contribution in [0.2, 0.25) is 0 Å². The minimum atomic E-state index is -0.762. The van der Waals surface area contributed by atoms with Crippen molar-refractivity contribution in [3.63, 3.8) is 0 Å². The van der Waals surface area contributed by atoms with Gasteiger partial charge in [-0.3, -0.25) is 14.4 Å². The Labute approximate surface area is 387 Å². The minimum absolute atomic E-state index is 0.0631. The van der Waals surface area contributed by atoms with E-state index in [0.717, 1.165) is 69.6 Å². The molecular weight excluding hydrogens is 769 g/mol. The van der Waals surface area contributed by atoms with Gasteiger partial charge in [-0.05, 0) is 31.1 Å². The van der Waals surface area contributed by atoms with Crippen LogP contribution in [-0.4, -0.2) is 37.2 Å². The molecule has 0 saturated carbocycles. The van der Waals surface area contributed by atoms with E-state index >= 15 is 0 Å². The Bertz CT molecular complexity index is 947. The second-order valence-corrected chi connectivity index (χ2v) is 20.2. The minimum Gasteiger partial charge on any atom is -0.462 e. The molecule has 0 aliphatic rings. The Balaban J connectivity index is 4.30. The van der Waals surface area contributed by atoms with E-state index in [4.69, 9.17) is 14.2 Å². The molecule has 0 saturated heterocycles. The van der Waals surface area contributed by atoms with Gasteiger partial charge in [0.25, 0.3) is 0 Å². The van der Waals surface area contributed by atoms with Crippen molar-refractivity contribution in [3.05, 3.63) is 0 Å². The highest BCUT2D eigenvalue weighted by Crippen LogP contribution is 2.18. The maximum atomic E-state index is 12.8. The van der Waals surface area contributed by atoms with Gasteiger partial charge in [0.1, 0.15) is 13.2 Å². The third kappa shape index (κ3) is 49.4. The molecule has 0 spiro atoms. The summed E-state index contributed by atoms with van der Waals surface area (Å²) in [5.74, 6) is 0.809. The summed E-state index contributed by atoms with van der Waals surface area (Å²) < 4.78 is 16.9. The molecule has 0 N–H and O–H groups in total. The summed E-state index contributed by atoms with van der Waals surface area (Å²) in [6.07, 6.45) is 50.9. The zero-order valence-electron chi connectivity index (χ0n) is 42.5. The van der Waals surface area contributed by atoms with Crippen LogP contribution >= 0.6 is 0 Å². The van der Waals surface area contributed by atoms with Crippen LogP contribution < -0.4 is 0 Å². The van der Waals surface area contributed by atoms with E-state index in [2.05, 4.69) is 34.6 Å². The largest absolute Gasteiger partial charge is 0.462 e. The molecule has 6 heteroatoms. The van der Waals surface area contributed by atoms with E-state index in [0.29, 0.717) is 19.3 Å². The quantitative estimate of drug-likeness (QED) is 0.0344. The summed E-state index contributed by atoms with van der Waals surface area (Å²) in [6.45, 7) is 11.4. The SMILES string of the molecule is CCCCCCCCCCCCCCCCCC(=O)OC[C@@H](COC(=O)CCCCCCCCCCCC(C)C)OC(=O)CCCCCCCCCCCCCCCCC(C)C. The van der Waals surface area contributed by atoms with Gasteiger partial charge in [-0.2, -0.15) is 0 Å². The molecule has 0 radical (unpaired) electrons. The van der Waals surface area contributed by atoms with Gasteiger partial charge in [-0.1, -0.05) is 272 Å². The van der Waals surface area contributed by atoms with Crippen LogP contribution in [0, 0.1) is 11.8 Å². The van der Waals surface area contributed by atoms with E-state index in [9.17, 15) is 14.4 Å². The molecule has 0 aromatic carbocycles. The standard InChI is InChI=1S/C56H108O6/c1-6-7-8-9-10-11-12-13-14-18-21-26-31-36-41-46-54(57)60-49-53(50-61-55(58)47-42-37-32-28-23-25-30-35-40-45-52(4)5)62-56(59)48-43-38-33-27-22-19-16-15-17-20-24-29-34-39-44-51(2)3/h51-53H,6-50H2,1-5H3/t53-/m0/s1. The van der Waals surface area contributed by atoms with Crippen LogP contribution in [0.4, 0.5) is 0 Å². The van der Waals surface area contributed by atoms with E-state index in [1.54, 1.807) is 0 Å². The monoisotopic (exact) mass is 877 g/mol. The van der Waals surface area contributed by atoms with Crippen molar-refractivity contribution < 1.29 is 28.6 Å². The zero-order chi connectivity index (χ0) is 45.4. The Kier molecular flexibility index (Phi) is 47.6. The fraction of sp³-hybridized carbons (Fsp3) is 0.946. The van der Waals surface area contributed by atoms with Gasteiger partial charge >= 0.3 is 17.9 Å². The lowest BCUT2D eigenvalue weighted by Crippen LogP contribution is -2.30. The molecule has 0 rings (SSSR count). The highest BCUT2D eigenvalue weighted by atomic mass is 16.6. The average molecular weight is 877 g/mol. The van der Waals surface area contributed by atoms with Crippen molar-refractivity contribution in [3.8, 4) is 0 Å². The topological polar surface area (TPSA) is 78.9 Å². The maximum absolute atomic E-state index is 12.8. The Morgan fingerprint density at radius 2 is 0.532 bits per heavy atom. The van der Waals surface area contributed by atoms with Gasteiger partial charge in [0.15, 0.2) is 6.10 Å².